The summed E-state index contributed by atoms with van der Waals surface area (Å²) in [6.07, 6.45) is 4.07. The highest BCUT2D eigenvalue weighted by molar-refractivity contribution is 6.38. The molecule has 1 heterocycles. The van der Waals surface area contributed by atoms with Gasteiger partial charge in [-0.1, -0.05) is 5.17 Å². The van der Waals surface area contributed by atoms with E-state index in [0.29, 0.717) is 12.2 Å². The number of hydrogen-bond donors (Lipinski definition) is 0. The lowest BCUT2D eigenvalue weighted by molar-refractivity contribution is 0.0981. The second-order valence-electron chi connectivity index (χ2n) is 4.86. The second-order valence-corrected chi connectivity index (χ2v) is 5.57. The summed E-state index contributed by atoms with van der Waals surface area (Å²) in [5, 5.41) is 13.5. The van der Waals surface area contributed by atoms with Gasteiger partial charge in [0.15, 0.2) is 0 Å². The molecule has 100 valence electrons. The third kappa shape index (κ3) is 3.53. The summed E-state index contributed by atoms with van der Waals surface area (Å²) in [5.74, 6) is -0.302. The largest absolute Gasteiger partial charge is 0.313 e. The first kappa shape index (κ1) is 14.0. The highest BCUT2D eigenvalue weighted by Gasteiger charge is 2.17. The molecule has 2 radical (unpaired) electrons. The summed E-state index contributed by atoms with van der Waals surface area (Å²) in [7, 11) is 3.57. The molecule has 0 aromatic carbocycles. The van der Waals surface area contributed by atoms with Crippen LogP contribution in [0, 0.1) is 6.92 Å². The number of carbonyl (C=O) groups is 1. The molecule has 1 atom stereocenters. The van der Waals surface area contributed by atoms with Gasteiger partial charge in [-0.25, -0.2) is 0 Å². The van der Waals surface area contributed by atoms with Gasteiger partial charge in [0.25, 0.3) is 0 Å². The lowest BCUT2D eigenvalue weighted by Gasteiger charge is -2.18. The van der Waals surface area contributed by atoms with Crippen molar-refractivity contribution in [3.63, 3.8) is 0 Å². The van der Waals surface area contributed by atoms with Gasteiger partial charge in [-0.2, -0.15) is 10.2 Å². The first-order valence-corrected chi connectivity index (χ1v) is 7.16. The fraction of sp³-hybridized carbons (Fsp3) is 0.615. The summed E-state index contributed by atoms with van der Waals surface area (Å²) in [4.78, 5) is 12.0. The van der Waals surface area contributed by atoms with E-state index in [1.54, 1.807) is 10.7 Å². The van der Waals surface area contributed by atoms with Crippen molar-refractivity contribution >= 4 is 20.9 Å². The average Bonchev–Trinajstić information content (AvgIpc) is 2.77. The maximum absolute atomic E-state index is 12.0. The van der Waals surface area contributed by atoms with E-state index >= 15 is 0 Å². The van der Waals surface area contributed by atoms with Gasteiger partial charge < -0.3 is 0 Å². The quantitative estimate of drug-likeness (QED) is 0.626. The molecule has 0 N–H and O–H groups in total. The predicted molar refractivity (Wildman–Crippen MR) is 74.8 cm³/mol. The van der Waals surface area contributed by atoms with Crippen LogP contribution >= 0.6 is 0 Å². The van der Waals surface area contributed by atoms with Crippen LogP contribution in [0.15, 0.2) is 16.3 Å². The van der Waals surface area contributed by atoms with Crippen molar-refractivity contribution in [1.82, 2.24) is 9.78 Å². The molecule has 0 spiro atoms. The molecule has 2 rings (SSSR count). The van der Waals surface area contributed by atoms with Gasteiger partial charge in [-0.05, 0) is 45.6 Å². The molecule has 1 aliphatic carbocycles. The Morgan fingerprint density at radius 2 is 2.42 bits per heavy atom. The minimum atomic E-state index is -0.302. The zero-order chi connectivity index (χ0) is 13.8. The zero-order valence-corrected chi connectivity index (χ0v) is 12.4. The van der Waals surface area contributed by atoms with Gasteiger partial charge in [-0.15, -0.1) is 5.11 Å². The van der Waals surface area contributed by atoms with E-state index in [1.165, 1.54) is 5.17 Å². The van der Waals surface area contributed by atoms with Crippen LogP contribution in [-0.4, -0.2) is 36.8 Å². The molecule has 1 aliphatic rings. The van der Waals surface area contributed by atoms with Crippen LogP contribution in [-0.2, 0) is 6.54 Å². The minimum absolute atomic E-state index is 0.129. The van der Waals surface area contributed by atoms with Crippen molar-refractivity contribution in [3.05, 3.63) is 17.5 Å². The maximum Gasteiger partial charge on any atom is 0.313 e. The van der Waals surface area contributed by atoms with Crippen LogP contribution in [0.2, 0.25) is 0 Å². The first-order valence-electron chi connectivity index (χ1n) is 6.66. The van der Waals surface area contributed by atoms with Gasteiger partial charge in [-0.3, -0.25) is 9.48 Å². The molecular weight excluding hydrogens is 256 g/mol. The Kier molecular flexibility index (Phi) is 4.52. The van der Waals surface area contributed by atoms with Crippen molar-refractivity contribution in [3.8, 4) is 0 Å². The van der Waals surface area contributed by atoms with Crippen molar-refractivity contribution < 1.29 is 4.79 Å². The number of nitrogens with zero attached hydrogens (tertiary/aromatic N) is 4. The minimum Gasteiger partial charge on any atom is -0.263 e. The average molecular weight is 274 g/mol. The number of aromatic nitrogens is 2. The molecular formula is C13H18N4OSi. The molecule has 1 aromatic rings. The van der Waals surface area contributed by atoms with Gasteiger partial charge in [0.2, 0.25) is 0 Å². The van der Waals surface area contributed by atoms with Crippen LogP contribution in [0.25, 0.3) is 0 Å². The lowest BCUT2D eigenvalue weighted by Crippen LogP contribution is -2.18. The SMILES string of the molecule is CCn1nc(C)cc1C(=O)N=NC1CCCC(=[Si])C1. The van der Waals surface area contributed by atoms with Gasteiger partial charge >= 0.3 is 5.91 Å². The van der Waals surface area contributed by atoms with E-state index < -0.39 is 0 Å². The molecule has 1 amide bonds. The van der Waals surface area contributed by atoms with E-state index in [0.717, 1.165) is 31.4 Å². The fourth-order valence-corrected chi connectivity index (χ4v) is 2.69. The van der Waals surface area contributed by atoms with Crippen LogP contribution in [0.1, 0.15) is 48.8 Å². The maximum atomic E-state index is 12.0. The summed E-state index contributed by atoms with van der Waals surface area (Å²) in [6.45, 7) is 4.48. The van der Waals surface area contributed by atoms with Crippen molar-refractivity contribution in [2.45, 2.75) is 52.1 Å². The third-order valence-corrected chi connectivity index (χ3v) is 3.68. The van der Waals surface area contributed by atoms with Crippen LogP contribution in [0.5, 0.6) is 0 Å². The number of hydrogen-bond acceptors (Lipinski definition) is 3. The summed E-state index contributed by atoms with van der Waals surface area (Å²) >= 11 is 0. The Bertz CT molecular complexity index is 521. The van der Waals surface area contributed by atoms with E-state index in [1.807, 2.05) is 13.8 Å². The number of carbonyl (C=O) groups excluding carboxylic acids is 1. The zero-order valence-electron chi connectivity index (χ0n) is 11.4. The second kappa shape index (κ2) is 6.14. The molecule has 0 bridgehead atoms. The lowest BCUT2D eigenvalue weighted by atomic mass is 9.96. The highest BCUT2D eigenvalue weighted by atomic mass is 28.1. The fourth-order valence-electron chi connectivity index (χ4n) is 2.28. The van der Waals surface area contributed by atoms with Crippen molar-refractivity contribution in [2.75, 3.05) is 0 Å². The predicted octanol–water partition coefficient (Wildman–Crippen LogP) is 2.09. The molecule has 1 fully saturated rings. The van der Waals surface area contributed by atoms with Crippen LogP contribution in [0.3, 0.4) is 0 Å². The Balaban J connectivity index is 2.05. The van der Waals surface area contributed by atoms with E-state index in [2.05, 4.69) is 25.2 Å². The van der Waals surface area contributed by atoms with Gasteiger partial charge in [0, 0.05) is 16.4 Å². The Morgan fingerprint density at radius 1 is 1.63 bits per heavy atom. The Labute approximate surface area is 116 Å². The number of rotatable bonds is 3. The van der Waals surface area contributed by atoms with E-state index in [9.17, 15) is 4.79 Å². The van der Waals surface area contributed by atoms with E-state index in [-0.39, 0.29) is 11.9 Å². The normalized spacial score (nSPS) is 20.1. The number of azo groups is 1. The molecule has 5 nitrogen and oxygen atoms in total. The number of aryl methyl sites for hydroxylation is 2. The summed E-state index contributed by atoms with van der Waals surface area (Å²) in [5.41, 5.74) is 1.34. The van der Waals surface area contributed by atoms with Crippen LogP contribution < -0.4 is 0 Å². The molecule has 1 unspecified atom stereocenters. The molecule has 6 heteroatoms. The smallest absolute Gasteiger partial charge is 0.263 e. The van der Waals surface area contributed by atoms with Crippen LogP contribution in [0.4, 0.5) is 0 Å². The number of amides is 1. The molecule has 0 aliphatic heterocycles. The third-order valence-electron chi connectivity index (χ3n) is 3.23. The molecule has 1 saturated carbocycles. The summed E-state index contributed by atoms with van der Waals surface area (Å²) < 4.78 is 1.67. The first-order chi connectivity index (χ1) is 9.10. The summed E-state index contributed by atoms with van der Waals surface area (Å²) in [6, 6.07) is 1.89. The van der Waals surface area contributed by atoms with E-state index in [4.69, 9.17) is 0 Å². The molecule has 19 heavy (non-hydrogen) atoms. The molecule has 0 saturated heterocycles. The Hall–Kier alpha value is -1.43. The standard InChI is InChI=1S/C13H18N4OSi/c1-3-17-12(7-9(2)16-17)13(18)15-14-10-5-4-6-11(19)8-10/h7,10H,3-6,8H2,1-2H3. The highest BCUT2D eigenvalue weighted by Crippen LogP contribution is 2.18. The Morgan fingerprint density at radius 3 is 3.11 bits per heavy atom. The topological polar surface area (TPSA) is 59.6 Å². The van der Waals surface area contributed by atoms with Gasteiger partial charge in [0.1, 0.15) is 5.69 Å². The van der Waals surface area contributed by atoms with Gasteiger partial charge in [0.05, 0.1) is 11.7 Å². The molecule has 1 aromatic heterocycles. The van der Waals surface area contributed by atoms with Crippen molar-refractivity contribution in [1.29, 1.82) is 0 Å². The monoisotopic (exact) mass is 274 g/mol. The van der Waals surface area contributed by atoms with Crippen molar-refractivity contribution in [2.24, 2.45) is 10.2 Å².